The van der Waals surface area contributed by atoms with Crippen molar-refractivity contribution in [3.63, 3.8) is 0 Å². The van der Waals surface area contributed by atoms with E-state index in [1.807, 2.05) is 44.3 Å². The van der Waals surface area contributed by atoms with Crippen molar-refractivity contribution >= 4 is 53.0 Å². The van der Waals surface area contributed by atoms with Crippen molar-refractivity contribution in [3.05, 3.63) is 42.1 Å². The van der Waals surface area contributed by atoms with Crippen LogP contribution in [0.4, 0.5) is 23.1 Å². The standard InChI is InChI=1S/C23H30N8O2S.C4H6O/c1-15-13-21(31-30-15)26-19-14-20(27-22(33)8-6-4-3-5-7-18(24)32)29-23(28-19)34-17-11-9-16(25-2)10-12-17;5-3-4-1-2-4/h9-14,25H,3-8H2,1-2H3,(H2,24,32)(H3,26,27,28,29,30,31,33);3-4H,1-2H2. The fraction of sp³-hybridized carbons (Fsp3) is 0.407. The van der Waals surface area contributed by atoms with Gasteiger partial charge in [-0.1, -0.05) is 12.8 Å². The van der Waals surface area contributed by atoms with E-state index >= 15 is 0 Å². The normalized spacial score (nSPS) is 12.2. The average Bonchev–Trinajstić information content (AvgIpc) is 3.67. The van der Waals surface area contributed by atoms with E-state index in [0.29, 0.717) is 41.4 Å². The summed E-state index contributed by atoms with van der Waals surface area (Å²) in [7, 11) is 1.87. The molecular formula is C27H36N8O3S. The van der Waals surface area contributed by atoms with Crippen LogP contribution in [-0.4, -0.2) is 45.3 Å². The van der Waals surface area contributed by atoms with Crippen LogP contribution in [-0.2, 0) is 14.4 Å². The van der Waals surface area contributed by atoms with Gasteiger partial charge in [0.2, 0.25) is 11.8 Å². The van der Waals surface area contributed by atoms with Crippen LogP contribution in [0, 0.1) is 12.8 Å². The summed E-state index contributed by atoms with van der Waals surface area (Å²) in [6, 6.07) is 11.5. The third-order valence-electron chi connectivity index (χ3n) is 5.68. The molecule has 0 aliphatic heterocycles. The maximum absolute atomic E-state index is 12.5. The molecule has 1 aromatic carbocycles. The van der Waals surface area contributed by atoms with Gasteiger partial charge in [0, 0.05) is 54.2 Å². The summed E-state index contributed by atoms with van der Waals surface area (Å²) in [5.74, 6) is 1.61. The number of carbonyl (C=O) groups excluding carboxylic acids is 3. The Balaban J connectivity index is 0.000000753. The molecular weight excluding hydrogens is 516 g/mol. The molecule has 12 heteroatoms. The van der Waals surface area contributed by atoms with Gasteiger partial charge in [-0.25, -0.2) is 9.97 Å². The van der Waals surface area contributed by atoms with Gasteiger partial charge in [0.05, 0.1) is 0 Å². The number of aromatic amines is 1. The van der Waals surface area contributed by atoms with E-state index in [2.05, 4.69) is 36.1 Å². The molecule has 0 saturated heterocycles. The first-order valence-electron chi connectivity index (χ1n) is 13.0. The third-order valence-corrected chi connectivity index (χ3v) is 6.55. The minimum atomic E-state index is -0.289. The van der Waals surface area contributed by atoms with Crippen LogP contribution in [0.2, 0.25) is 0 Å². The fourth-order valence-electron chi connectivity index (χ4n) is 3.38. The Hall–Kier alpha value is -3.93. The van der Waals surface area contributed by atoms with Crippen molar-refractivity contribution in [2.75, 3.05) is 23.0 Å². The average molecular weight is 553 g/mol. The lowest BCUT2D eigenvalue weighted by molar-refractivity contribution is -0.118. The van der Waals surface area contributed by atoms with Crippen LogP contribution in [0.25, 0.3) is 0 Å². The molecule has 1 saturated carbocycles. The van der Waals surface area contributed by atoms with Gasteiger partial charge >= 0.3 is 0 Å². The molecule has 1 fully saturated rings. The number of aryl methyl sites for hydroxylation is 1. The summed E-state index contributed by atoms with van der Waals surface area (Å²) >= 11 is 1.40. The summed E-state index contributed by atoms with van der Waals surface area (Å²) in [6.45, 7) is 1.91. The van der Waals surface area contributed by atoms with Gasteiger partial charge in [-0.3, -0.25) is 14.7 Å². The highest BCUT2D eigenvalue weighted by Crippen LogP contribution is 2.29. The fourth-order valence-corrected chi connectivity index (χ4v) is 4.15. The van der Waals surface area contributed by atoms with Crippen LogP contribution in [0.5, 0.6) is 0 Å². The molecule has 0 atom stereocenters. The van der Waals surface area contributed by atoms with Crippen molar-refractivity contribution in [3.8, 4) is 0 Å². The van der Waals surface area contributed by atoms with Gasteiger partial charge in [-0.05, 0) is 68.6 Å². The van der Waals surface area contributed by atoms with E-state index in [0.717, 1.165) is 61.1 Å². The monoisotopic (exact) mass is 552 g/mol. The maximum Gasteiger partial charge on any atom is 0.225 e. The van der Waals surface area contributed by atoms with Crippen LogP contribution < -0.4 is 21.7 Å². The van der Waals surface area contributed by atoms with E-state index in [4.69, 9.17) is 5.73 Å². The summed E-state index contributed by atoms with van der Waals surface area (Å²) in [5.41, 5.74) is 7.07. The molecule has 4 rings (SSSR count). The van der Waals surface area contributed by atoms with Crippen LogP contribution in [0.15, 0.2) is 46.5 Å². The van der Waals surface area contributed by atoms with Crippen LogP contribution in [0.1, 0.15) is 57.1 Å². The number of nitrogens with one attached hydrogen (secondary N) is 4. The Morgan fingerprint density at radius 3 is 2.28 bits per heavy atom. The lowest BCUT2D eigenvalue weighted by Gasteiger charge is -2.10. The summed E-state index contributed by atoms with van der Waals surface area (Å²) in [4.78, 5) is 42.9. The van der Waals surface area contributed by atoms with Crippen molar-refractivity contribution in [1.29, 1.82) is 0 Å². The number of rotatable bonds is 14. The number of carbonyl (C=O) groups is 3. The number of benzene rings is 1. The Morgan fingerprint density at radius 1 is 1.03 bits per heavy atom. The number of hydrogen-bond acceptors (Lipinski definition) is 9. The SMILES string of the molecule is CNc1ccc(Sc2nc(NC(=O)CCCCCCC(N)=O)cc(Nc3cc(C)[nH]n3)n2)cc1.O=CC1CC1. The highest BCUT2D eigenvalue weighted by molar-refractivity contribution is 7.99. The first-order chi connectivity index (χ1) is 18.8. The van der Waals surface area contributed by atoms with Crippen LogP contribution >= 0.6 is 11.8 Å². The zero-order valence-corrected chi connectivity index (χ0v) is 23.1. The molecule has 0 spiro atoms. The van der Waals surface area contributed by atoms with Crippen molar-refractivity contribution in [1.82, 2.24) is 20.2 Å². The molecule has 208 valence electrons. The van der Waals surface area contributed by atoms with Gasteiger partial charge in [0.15, 0.2) is 11.0 Å². The quantitative estimate of drug-likeness (QED) is 0.107. The molecule has 1 aliphatic rings. The Kier molecular flexibility index (Phi) is 11.8. The predicted molar refractivity (Wildman–Crippen MR) is 153 cm³/mol. The highest BCUT2D eigenvalue weighted by Gasteiger charge is 2.19. The zero-order chi connectivity index (χ0) is 28.0. The first kappa shape index (κ1) is 29.6. The second kappa shape index (κ2) is 15.5. The third kappa shape index (κ3) is 11.6. The number of amides is 2. The van der Waals surface area contributed by atoms with E-state index in [1.165, 1.54) is 11.8 Å². The van der Waals surface area contributed by atoms with Gasteiger partial charge in [0.25, 0.3) is 0 Å². The Labute approximate surface area is 232 Å². The summed E-state index contributed by atoms with van der Waals surface area (Å²) < 4.78 is 0. The Bertz CT molecular complexity index is 1230. The van der Waals surface area contributed by atoms with E-state index in [-0.39, 0.29) is 11.8 Å². The molecule has 11 nitrogen and oxygen atoms in total. The first-order valence-corrected chi connectivity index (χ1v) is 13.8. The van der Waals surface area contributed by atoms with Crippen molar-refractivity contribution in [2.45, 2.75) is 68.3 Å². The molecule has 0 bridgehead atoms. The molecule has 3 aromatic rings. The zero-order valence-electron chi connectivity index (χ0n) is 22.3. The maximum atomic E-state index is 12.5. The summed E-state index contributed by atoms with van der Waals surface area (Å²) in [6.07, 6.45) is 7.28. The molecule has 39 heavy (non-hydrogen) atoms. The van der Waals surface area contributed by atoms with Crippen molar-refractivity contribution < 1.29 is 14.4 Å². The number of H-pyrrole nitrogens is 1. The largest absolute Gasteiger partial charge is 0.388 e. The van der Waals surface area contributed by atoms with Gasteiger partial charge < -0.3 is 26.5 Å². The number of nitrogens with zero attached hydrogens (tertiary/aromatic N) is 3. The minimum Gasteiger partial charge on any atom is -0.388 e. The molecule has 0 unspecified atom stereocenters. The van der Waals surface area contributed by atoms with Crippen molar-refractivity contribution in [2.24, 2.45) is 11.7 Å². The molecule has 2 amide bonds. The number of anilines is 4. The van der Waals surface area contributed by atoms with Gasteiger partial charge in [0.1, 0.15) is 17.9 Å². The molecule has 6 N–H and O–H groups in total. The van der Waals surface area contributed by atoms with E-state index < -0.39 is 0 Å². The highest BCUT2D eigenvalue weighted by atomic mass is 32.2. The van der Waals surface area contributed by atoms with E-state index in [1.54, 1.807) is 6.07 Å². The number of aromatic nitrogens is 4. The predicted octanol–water partition coefficient (Wildman–Crippen LogP) is 4.80. The Morgan fingerprint density at radius 2 is 1.72 bits per heavy atom. The lowest BCUT2D eigenvalue weighted by atomic mass is 10.1. The van der Waals surface area contributed by atoms with Gasteiger partial charge in [-0.2, -0.15) is 5.10 Å². The second-order valence-electron chi connectivity index (χ2n) is 9.26. The number of primary amides is 1. The van der Waals surface area contributed by atoms with E-state index in [9.17, 15) is 14.4 Å². The smallest absolute Gasteiger partial charge is 0.225 e. The molecule has 1 aliphatic carbocycles. The summed E-state index contributed by atoms with van der Waals surface area (Å²) in [5, 5.41) is 16.7. The molecule has 2 heterocycles. The molecule has 0 radical (unpaired) electrons. The number of nitrogens with two attached hydrogens (primary N) is 1. The number of aldehydes is 1. The molecule has 2 aromatic heterocycles. The number of unbranched alkanes of at least 4 members (excludes halogenated alkanes) is 3. The van der Waals surface area contributed by atoms with Crippen LogP contribution in [0.3, 0.4) is 0 Å². The minimum absolute atomic E-state index is 0.121. The number of hydrogen-bond donors (Lipinski definition) is 5. The second-order valence-corrected chi connectivity index (χ2v) is 10.3. The topological polar surface area (TPSA) is 168 Å². The van der Waals surface area contributed by atoms with Gasteiger partial charge in [-0.15, -0.1) is 0 Å². The lowest BCUT2D eigenvalue weighted by Crippen LogP contribution is -2.13.